The van der Waals surface area contributed by atoms with Crippen molar-refractivity contribution >= 4 is 40.3 Å². The molecule has 3 aromatic rings. The first kappa shape index (κ1) is 20.6. The summed E-state index contributed by atoms with van der Waals surface area (Å²) in [7, 11) is 1.77. The summed E-state index contributed by atoms with van der Waals surface area (Å²) in [6.45, 7) is 3.33. The predicted octanol–water partition coefficient (Wildman–Crippen LogP) is 4.55. The highest BCUT2D eigenvalue weighted by Gasteiger charge is 2.30. The van der Waals surface area contributed by atoms with Crippen LogP contribution in [0.2, 0.25) is 0 Å². The van der Waals surface area contributed by atoms with Crippen molar-refractivity contribution in [3.63, 3.8) is 0 Å². The zero-order valence-corrected chi connectivity index (χ0v) is 18.7. The number of rotatable bonds is 4. The van der Waals surface area contributed by atoms with Gasteiger partial charge in [-0.15, -0.1) is 0 Å². The number of amides is 1. The normalized spacial score (nSPS) is 19.3. The van der Waals surface area contributed by atoms with Crippen LogP contribution in [0, 0.1) is 0 Å². The van der Waals surface area contributed by atoms with Gasteiger partial charge in [-0.05, 0) is 66.4 Å². The molecule has 32 heavy (non-hydrogen) atoms. The number of hydrogen-bond donors (Lipinski definition) is 0. The lowest BCUT2D eigenvalue weighted by Gasteiger charge is -2.28. The average Bonchev–Trinajstić information content (AvgIpc) is 3.41. The Bertz CT molecular complexity index is 1160. The molecule has 0 unspecified atom stereocenters. The van der Waals surface area contributed by atoms with Gasteiger partial charge in [0.2, 0.25) is 0 Å². The second-order valence-electron chi connectivity index (χ2n) is 7.62. The number of benzene rings is 2. The molecule has 162 valence electrons. The van der Waals surface area contributed by atoms with Crippen LogP contribution in [0.15, 0.2) is 82.8 Å². The van der Waals surface area contributed by atoms with E-state index in [9.17, 15) is 4.79 Å². The molecule has 0 saturated carbocycles. The van der Waals surface area contributed by atoms with Gasteiger partial charge in [0, 0.05) is 43.4 Å². The summed E-state index contributed by atoms with van der Waals surface area (Å²) in [5.74, 6) is -0.0421. The maximum Gasteiger partial charge on any atom is 0.266 e. The third kappa shape index (κ3) is 4.22. The first-order chi connectivity index (χ1) is 15.7. The minimum atomic E-state index is -0.0421. The molecule has 7 heteroatoms. The van der Waals surface area contributed by atoms with E-state index in [0.29, 0.717) is 10.1 Å². The van der Waals surface area contributed by atoms with E-state index in [1.807, 2.05) is 66.9 Å². The number of nitrogens with zero attached hydrogens (tertiary/aromatic N) is 4. The van der Waals surface area contributed by atoms with E-state index >= 15 is 0 Å². The molecular weight excluding hydrogens is 420 g/mol. The molecule has 0 spiro atoms. The monoisotopic (exact) mass is 444 g/mol. The van der Waals surface area contributed by atoms with Crippen LogP contribution in [0.5, 0.6) is 0 Å². The summed E-state index contributed by atoms with van der Waals surface area (Å²) < 4.78 is 7.49. The third-order valence-corrected chi connectivity index (χ3v) is 6.61. The van der Waals surface area contributed by atoms with Gasteiger partial charge in [-0.1, -0.05) is 18.2 Å². The summed E-state index contributed by atoms with van der Waals surface area (Å²) in [6, 6.07) is 22.2. The highest BCUT2D eigenvalue weighted by molar-refractivity contribution is 8.18. The van der Waals surface area contributed by atoms with Crippen LogP contribution in [-0.2, 0) is 9.53 Å². The number of amidine groups is 1. The quantitative estimate of drug-likeness (QED) is 0.554. The zero-order valence-electron chi connectivity index (χ0n) is 17.8. The lowest BCUT2D eigenvalue weighted by molar-refractivity contribution is -0.121. The number of hydrogen-bond acceptors (Lipinski definition) is 5. The SMILES string of the molecule is CN1C(=O)C(=Cc2cccn2-c2ccccc2)SC1=Nc1ccc(N2CCOCC2)cc1. The van der Waals surface area contributed by atoms with E-state index in [2.05, 4.69) is 21.6 Å². The second-order valence-corrected chi connectivity index (χ2v) is 8.63. The number of likely N-dealkylation sites (N-methyl/N-ethyl adjacent to an activating group) is 1. The van der Waals surface area contributed by atoms with Gasteiger partial charge < -0.3 is 14.2 Å². The molecule has 6 nitrogen and oxygen atoms in total. The Kier molecular flexibility index (Phi) is 5.83. The lowest BCUT2D eigenvalue weighted by Crippen LogP contribution is -2.36. The second kappa shape index (κ2) is 9.06. The molecule has 2 fully saturated rings. The molecule has 1 amide bonds. The lowest BCUT2D eigenvalue weighted by atomic mass is 10.2. The van der Waals surface area contributed by atoms with Gasteiger partial charge >= 0.3 is 0 Å². The highest BCUT2D eigenvalue weighted by atomic mass is 32.2. The average molecular weight is 445 g/mol. The molecule has 3 heterocycles. The van der Waals surface area contributed by atoms with Gasteiger partial charge in [0.25, 0.3) is 5.91 Å². The van der Waals surface area contributed by atoms with E-state index in [-0.39, 0.29) is 5.91 Å². The van der Waals surface area contributed by atoms with E-state index in [1.165, 1.54) is 17.4 Å². The Morgan fingerprint density at radius 2 is 1.69 bits per heavy atom. The standard InChI is InChI=1S/C25H24N4O2S/c1-27-24(30)23(18-22-8-5-13-29(22)21-6-3-2-4-7-21)32-25(27)26-19-9-11-20(12-10-19)28-14-16-31-17-15-28/h2-13,18H,14-17H2,1H3. The summed E-state index contributed by atoms with van der Waals surface area (Å²) >= 11 is 1.40. The van der Waals surface area contributed by atoms with Crippen LogP contribution in [0.1, 0.15) is 5.69 Å². The molecule has 1 aromatic heterocycles. The summed E-state index contributed by atoms with van der Waals surface area (Å²) in [6.07, 6.45) is 3.93. The van der Waals surface area contributed by atoms with E-state index in [4.69, 9.17) is 9.73 Å². The molecule has 5 rings (SSSR count). The minimum Gasteiger partial charge on any atom is -0.378 e. The Balaban J connectivity index is 1.36. The Labute approximate surface area is 191 Å². The maximum atomic E-state index is 12.9. The van der Waals surface area contributed by atoms with Gasteiger partial charge in [0.15, 0.2) is 5.17 Å². The third-order valence-electron chi connectivity index (χ3n) is 5.55. The van der Waals surface area contributed by atoms with Crippen LogP contribution in [0.3, 0.4) is 0 Å². The molecule has 2 aromatic carbocycles. The smallest absolute Gasteiger partial charge is 0.266 e. The van der Waals surface area contributed by atoms with Crippen LogP contribution < -0.4 is 4.90 Å². The number of aromatic nitrogens is 1. The molecule has 2 aliphatic heterocycles. The Hall–Kier alpha value is -3.29. The number of morpholine rings is 1. The number of thioether (sulfide) groups is 1. The number of carbonyl (C=O) groups is 1. The first-order valence-corrected chi connectivity index (χ1v) is 11.4. The number of ether oxygens (including phenoxy) is 1. The van der Waals surface area contributed by atoms with Gasteiger partial charge in [0.05, 0.1) is 23.8 Å². The molecule has 0 radical (unpaired) electrons. The molecule has 0 atom stereocenters. The van der Waals surface area contributed by atoms with Crippen molar-refractivity contribution in [1.29, 1.82) is 0 Å². The highest BCUT2D eigenvalue weighted by Crippen LogP contribution is 2.34. The van der Waals surface area contributed by atoms with Crippen LogP contribution >= 0.6 is 11.8 Å². The van der Waals surface area contributed by atoms with E-state index in [1.54, 1.807) is 11.9 Å². The van der Waals surface area contributed by atoms with Crippen molar-refractivity contribution in [3.8, 4) is 5.69 Å². The zero-order chi connectivity index (χ0) is 21.9. The van der Waals surface area contributed by atoms with Crippen LogP contribution in [-0.4, -0.2) is 53.9 Å². The van der Waals surface area contributed by atoms with Crippen molar-refractivity contribution < 1.29 is 9.53 Å². The van der Waals surface area contributed by atoms with E-state index in [0.717, 1.165) is 43.4 Å². The fraction of sp³-hybridized carbons (Fsp3) is 0.200. The number of para-hydroxylation sites is 1. The van der Waals surface area contributed by atoms with E-state index < -0.39 is 0 Å². The fourth-order valence-corrected chi connectivity index (χ4v) is 4.76. The molecule has 0 aliphatic carbocycles. The van der Waals surface area contributed by atoms with Gasteiger partial charge in [0.1, 0.15) is 0 Å². The molecule has 0 bridgehead atoms. The first-order valence-electron chi connectivity index (χ1n) is 10.6. The van der Waals surface area contributed by atoms with Crippen molar-refractivity contribution in [2.24, 2.45) is 4.99 Å². The maximum absolute atomic E-state index is 12.9. The Morgan fingerprint density at radius 1 is 0.938 bits per heavy atom. The molecule has 2 aliphatic rings. The Morgan fingerprint density at radius 3 is 2.44 bits per heavy atom. The summed E-state index contributed by atoms with van der Waals surface area (Å²) in [5.41, 5.74) is 4.01. The molecular formula is C25H24N4O2S. The van der Waals surface area contributed by atoms with Gasteiger partial charge in [-0.3, -0.25) is 9.69 Å². The van der Waals surface area contributed by atoms with Crippen molar-refractivity contribution in [2.75, 3.05) is 38.3 Å². The topological polar surface area (TPSA) is 50.1 Å². The summed E-state index contributed by atoms with van der Waals surface area (Å²) in [4.78, 5) is 22.2. The molecule has 0 N–H and O–H groups in total. The largest absolute Gasteiger partial charge is 0.378 e. The number of anilines is 1. The van der Waals surface area contributed by atoms with Crippen molar-refractivity contribution in [3.05, 3.63) is 83.5 Å². The van der Waals surface area contributed by atoms with Crippen molar-refractivity contribution in [2.45, 2.75) is 0 Å². The fourth-order valence-electron chi connectivity index (χ4n) is 3.79. The van der Waals surface area contributed by atoms with Crippen molar-refractivity contribution in [1.82, 2.24) is 9.47 Å². The molecule has 2 saturated heterocycles. The number of carbonyl (C=O) groups excluding carboxylic acids is 1. The van der Waals surface area contributed by atoms with Crippen LogP contribution in [0.25, 0.3) is 11.8 Å². The van der Waals surface area contributed by atoms with Crippen LogP contribution in [0.4, 0.5) is 11.4 Å². The number of aliphatic imine (C=N–C) groups is 1. The predicted molar refractivity (Wildman–Crippen MR) is 131 cm³/mol. The van der Waals surface area contributed by atoms with Gasteiger partial charge in [-0.2, -0.15) is 0 Å². The van der Waals surface area contributed by atoms with Gasteiger partial charge in [-0.25, -0.2) is 4.99 Å². The summed E-state index contributed by atoms with van der Waals surface area (Å²) in [5, 5.41) is 0.679. The minimum absolute atomic E-state index is 0.0421.